The molecular weight excluding hydrogens is 253 g/mol. The van der Waals surface area contributed by atoms with Crippen LogP contribution < -0.4 is 5.32 Å². The van der Waals surface area contributed by atoms with Crippen molar-refractivity contribution in [1.29, 1.82) is 0 Å². The van der Waals surface area contributed by atoms with Crippen molar-refractivity contribution in [1.82, 2.24) is 5.32 Å². The van der Waals surface area contributed by atoms with E-state index in [2.05, 4.69) is 21.2 Å². The molecule has 1 fully saturated rings. The Morgan fingerprint density at radius 1 is 1.54 bits per heavy atom. The standard InChI is InChI=1S/C9H9BrFNS/c10-8-5-6(11)1-2-7(8)9-12-3-4-13-9/h1-2,5,9,12H,3-4H2. The SMILES string of the molecule is Fc1ccc(C2NCCS2)c(Br)c1. The molecule has 13 heavy (non-hydrogen) atoms. The number of hydrogen-bond acceptors (Lipinski definition) is 2. The summed E-state index contributed by atoms with van der Waals surface area (Å²) in [6.07, 6.45) is 0. The Morgan fingerprint density at radius 2 is 2.38 bits per heavy atom. The van der Waals surface area contributed by atoms with Crippen LogP contribution in [0.5, 0.6) is 0 Å². The minimum absolute atomic E-state index is 0.196. The van der Waals surface area contributed by atoms with Crippen molar-refractivity contribution in [3.63, 3.8) is 0 Å². The Balaban J connectivity index is 2.29. The maximum Gasteiger partial charge on any atom is 0.124 e. The Hall–Kier alpha value is -0.0600. The highest BCUT2D eigenvalue weighted by atomic mass is 79.9. The Labute approximate surface area is 89.2 Å². The van der Waals surface area contributed by atoms with Crippen LogP contribution in [0.25, 0.3) is 0 Å². The van der Waals surface area contributed by atoms with E-state index in [1.165, 1.54) is 12.1 Å². The first-order chi connectivity index (χ1) is 6.27. The topological polar surface area (TPSA) is 12.0 Å². The number of hydrogen-bond donors (Lipinski definition) is 1. The third kappa shape index (κ3) is 2.06. The molecule has 0 aromatic heterocycles. The molecule has 2 rings (SSSR count). The summed E-state index contributed by atoms with van der Waals surface area (Å²) in [6.45, 7) is 1.03. The van der Waals surface area contributed by atoms with Gasteiger partial charge in [0.15, 0.2) is 0 Å². The van der Waals surface area contributed by atoms with Crippen molar-refractivity contribution < 1.29 is 4.39 Å². The monoisotopic (exact) mass is 261 g/mol. The average molecular weight is 262 g/mol. The second-order valence-electron chi connectivity index (χ2n) is 2.87. The third-order valence-electron chi connectivity index (χ3n) is 1.96. The van der Waals surface area contributed by atoms with Crippen molar-refractivity contribution >= 4 is 27.7 Å². The van der Waals surface area contributed by atoms with Crippen LogP contribution in [0.1, 0.15) is 10.9 Å². The molecule has 1 saturated heterocycles. The van der Waals surface area contributed by atoms with E-state index in [0.29, 0.717) is 5.37 Å². The largest absolute Gasteiger partial charge is 0.301 e. The van der Waals surface area contributed by atoms with Crippen molar-refractivity contribution in [3.8, 4) is 0 Å². The van der Waals surface area contributed by atoms with E-state index >= 15 is 0 Å². The molecule has 70 valence electrons. The lowest BCUT2D eigenvalue weighted by molar-refractivity contribution is 0.624. The molecule has 1 unspecified atom stereocenters. The van der Waals surface area contributed by atoms with Crippen LogP contribution >= 0.6 is 27.7 Å². The smallest absolute Gasteiger partial charge is 0.124 e. The molecule has 1 aromatic carbocycles. The lowest BCUT2D eigenvalue weighted by atomic mass is 10.2. The molecule has 1 N–H and O–H groups in total. The Bertz CT molecular complexity index is 312. The molecule has 1 aliphatic heterocycles. The zero-order valence-corrected chi connectivity index (χ0v) is 9.29. The number of thioether (sulfide) groups is 1. The summed E-state index contributed by atoms with van der Waals surface area (Å²) in [5.41, 5.74) is 1.13. The van der Waals surface area contributed by atoms with E-state index in [0.717, 1.165) is 22.3 Å². The van der Waals surface area contributed by atoms with Crippen molar-refractivity contribution in [2.24, 2.45) is 0 Å². The quantitative estimate of drug-likeness (QED) is 0.835. The molecule has 0 saturated carbocycles. The van der Waals surface area contributed by atoms with E-state index in [9.17, 15) is 4.39 Å². The number of halogens is 2. The maximum atomic E-state index is 12.8. The van der Waals surface area contributed by atoms with E-state index in [-0.39, 0.29) is 5.82 Å². The molecule has 4 heteroatoms. The van der Waals surface area contributed by atoms with Gasteiger partial charge in [0.2, 0.25) is 0 Å². The van der Waals surface area contributed by atoms with E-state index < -0.39 is 0 Å². The van der Waals surface area contributed by atoms with Gasteiger partial charge in [-0.25, -0.2) is 4.39 Å². The molecular formula is C9H9BrFNS. The summed E-state index contributed by atoms with van der Waals surface area (Å²) >= 11 is 5.22. The normalized spacial score (nSPS) is 22.2. The predicted molar refractivity (Wildman–Crippen MR) is 57.3 cm³/mol. The van der Waals surface area contributed by atoms with Gasteiger partial charge in [-0.15, -0.1) is 11.8 Å². The summed E-state index contributed by atoms with van der Waals surface area (Å²) in [5.74, 6) is 0.924. The van der Waals surface area contributed by atoms with Crippen molar-refractivity contribution in [2.45, 2.75) is 5.37 Å². The molecule has 1 aromatic rings. The van der Waals surface area contributed by atoms with Crippen molar-refractivity contribution in [3.05, 3.63) is 34.1 Å². The fraction of sp³-hybridized carbons (Fsp3) is 0.333. The van der Waals surface area contributed by atoms with Crippen molar-refractivity contribution in [2.75, 3.05) is 12.3 Å². The van der Waals surface area contributed by atoms with Gasteiger partial charge in [0.1, 0.15) is 5.82 Å². The lowest BCUT2D eigenvalue weighted by Crippen LogP contribution is -2.12. The van der Waals surface area contributed by atoms with Crippen LogP contribution in [-0.2, 0) is 0 Å². The van der Waals surface area contributed by atoms with Gasteiger partial charge in [-0.05, 0) is 17.7 Å². The second-order valence-corrected chi connectivity index (χ2v) is 4.94. The number of benzene rings is 1. The van der Waals surface area contributed by atoms with Gasteiger partial charge in [-0.1, -0.05) is 22.0 Å². The summed E-state index contributed by atoms with van der Waals surface area (Å²) in [4.78, 5) is 0. The fourth-order valence-electron chi connectivity index (χ4n) is 1.34. The summed E-state index contributed by atoms with van der Waals surface area (Å²) in [5, 5.41) is 3.66. The van der Waals surface area contributed by atoms with Crippen LogP contribution in [0.15, 0.2) is 22.7 Å². The van der Waals surface area contributed by atoms with Gasteiger partial charge in [-0.3, -0.25) is 0 Å². The van der Waals surface area contributed by atoms with Gasteiger partial charge in [0.25, 0.3) is 0 Å². The average Bonchev–Trinajstić information content (AvgIpc) is 2.56. The Morgan fingerprint density at radius 3 is 3.00 bits per heavy atom. The Kier molecular flexibility index (Phi) is 2.91. The molecule has 1 atom stereocenters. The fourth-order valence-corrected chi connectivity index (χ4v) is 3.16. The van der Waals surface area contributed by atoms with Gasteiger partial charge in [0, 0.05) is 16.8 Å². The van der Waals surface area contributed by atoms with Gasteiger partial charge in [0.05, 0.1) is 5.37 Å². The second kappa shape index (κ2) is 3.98. The zero-order valence-electron chi connectivity index (χ0n) is 6.89. The van der Waals surface area contributed by atoms with Crippen LogP contribution in [0.2, 0.25) is 0 Å². The molecule has 0 radical (unpaired) electrons. The molecule has 1 heterocycles. The number of nitrogens with one attached hydrogen (secondary N) is 1. The van der Waals surface area contributed by atoms with E-state index in [1.807, 2.05) is 17.8 Å². The minimum atomic E-state index is -0.196. The summed E-state index contributed by atoms with van der Waals surface area (Å²) in [6, 6.07) is 4.84. The zero-order chi connectivity index (χ0) is 9.26. The highest BCUT2D eigenvalue weighted by Gasteiger charge is 2.18. The molecule has 1 aliphatic rings. The molecule has 1 nitrogen and oxygen atoms in total. The summed E-state index contributed by atoms with van der Waals surface area (Å²) < 4.78 is 13.6. The lowest BCUT2D eigenvalue weighted by Gasteiger charge is -2.11. The predicted octanol–water partition coefficient (Wildman–Crippen LogP) is 2.92. The molecule has 0 aliphatic carbocycles. The maximum absolute atomic E-state index is 12.8. The van der Waals surface area contributed by atoms with Gasteiger partial charge < -0.3 is 5.32 Å². The highest BCUT2D eigenvalue weighted by molar-refractivity contribution is 9.10. The van der Waals surface area contributed by atoms with Gasteiger partial charge in [-0.2, -0.15) is 0 Å². The van der Waals surface area contributed by atoms with Gasteiger partial charge >= 0.3 is 0 Å². The highest BCUT2D eigenvalue weighted by Crippen LogP contribution is 2.34. The van der Waals surface area contributed by atoms with E-state index in [1.54, 1.807) is 0 Å². The molecule has 0 spiro atoms. The first-order valence-electron chi connectivity index (χ1n) is 4.07. The molecule has 0 bridgehead atoms. The number of rotatable bonds is 1. The summed E-state index contributed by atoms with van der Waals surface area (Å²) in [7, 11) is 0. The van der Waals surface area contributed by atoms with Crippen LogP contribution in [0.4, 0.5) is 4.39 Å². The first kappa shape index (κ1) is 9.49. The third-order valence-corrected chi connectivity index (χ3v) is 3.84. The minimum Gasteiger partial charge on any atom is -0.301 e. The van der Waals surface area contributed by atoms with Crippen LogP contribution in [-0.4, -0.2) is 12.3 Å². The van der Waals surface area contributed by atoms with Crippen LogP contribution in [0, 0.1) is 5.82 Å². The van der Waals surface area contributed by atoms with E-state index in [4.69, 9.17) is 0 Å². The first-order valence-corrected chi connectivity index (χ1v) is 5.91. The molecule has 0 amide bonds. The van der Waals surface area contributed by atoms with Crippen LogP contribution in [0.3, 0.4) is 0 Å².